The van der Waals surface area contributed by atoms with Gasteiger partial charge in [0.1, 0.15) is 5.71 Å². The number of nitrogens with one attached hydrogen (secondary N) is 2. The predicted octanol–water partition coefficient (Wildman–Crippen LogP) is 2.08. The van der Waals surface area contributed by atoms with E-state index in [1.54, 1.807) is 0 Å². The number of Topliss-reactive ketones (excluding diaryl/α,β-unsaturated/α-hetero) is 1. The lowest BCUT2D eigenvalue weighted by Gasteiger charge is -2.02. The third-order valence-corrected chi connectivity index (χ3v) is 1.76. The van der Waals surface area contributed by atoms with Crippen molar-refractivity contribution < 1.29 is 4.79 Å². The van der Waals surface area contributed by atoms with Gasteiger partial charge < -0.3 is 5.41 Å². The lowest BCUT2D eigenvalue weighted by atomic mass is 10.2. The average molecular weight is 203 g/mol. The second kappa shape index (κ2) is 5.05. The summed E-state index contributed by atoms with van der Waals surface area (Å²) in [6.45, 7) is 2.93. The number of benzene rings is 1. The fraction of sp³-hybridized carbons (Fsp3) is 0.182. The summed E-state index contributed by atoms with van der Waals surface area (Å²) < 4.78 is 0. The number of hydrazone groups is 1. The topological polar surface area (TPSA) is 65.3 Å². The number of nitrogens with zero attached hydrogens (tertiary/aromatic N) is 1. The molecule has 0 saturated heterocycles. The maximum absolute atomic E-state index is 11.1. The van der Waals surface area contributed by atoms with E-state index in [-0.39, 0.29) is 17.2 Å². The zero-order valence-electron chi connectivity index (χ0n) is 8.74. The van der Waals surface area contributed by atoms with Gasteiger partial charge in [-0.2, -0.15) is 5.10 Å². The van der Waals surface area contributed by atoms with Crippen LogP contribution >= 0.6 is 0 Å². The third kappa shape index (κ3) is 3.34. The standard InChI is InChI=1S/C11H13N3O/c1-8(12)11(9(2)15)14-13-10-6-4-3-5-7-10/h3-7,12-13H,1-2H3/b12-8?,14-11+. The van der Waals surface area contributed by atoms with Crippen LogP contribution in [0, 0.1) is 5.41 Å². The fourth-order valence-corrected chi connectivity index (χ4v) is 1.06. The van der Waals surface area contributed by atoms with Gasteiger partial charge in [0.15, 0.2) is 5.78 Å². The van der Waals surface area contributed by atoms with Crippen molar-refractivity contribution >= 4 is 22.9 Å². The molecule has 1 aromatic rings. The molecule has 78 valence electrons. The molecule has 0 aliphatic rings. The van der Waals surface area contributed by atoms with Crippen molar-refractivity contribution in [3.63, 3.8) is 0 Å². The Morgan fingerprint density at radius 1 is 1.27 bits per heavy atom. The lowest BCUT2D eigenvalue weighted by Crippen LogP contribution is -2.19. The van der Waals surface area contributed by atoms with Crippen molar-refractivity contribution in [3.05, 3.63) is 30.3 Å². The van der Waals surface area contributed by atoms with E-state index in [0.717, 1.165) is 5.69 Å². The molecule has 15 heavy (non-hydrogen) atoms. The third-order valence-electron chi connectivity index (χ3n) is 1.76. The summed E-state index contributed by atoms with van der Waals surface area (Å²) in [4.78, 5) is 11.1. The van der Waals surface area contributed by atoms with Crippen molar-refractivity contribution in [3.8, 4) is 0 Å². The van der Waals surface area contributed by atoms with Gasteiger partial charge in [0.05, 0.1) is 11.4 Å². The van der Waals surface area contributed by atoms with Gasteiger partial charge in [0.2, 0.25) is 0 Å². The summed E-state index contributed by atoms with van der Waals surface area (Å²) in [5.74, 6) is -0.217. The molecule has 4 nitrogen and oxygen atoms in total. The van der Waals surface area contributed by atoms with Gasteiger partial charge in [-0.1, -0.05) is 18.2 Å². The molecule has 1 aromatic carbocycles. The van der Waals surface area contributed by atoms with Gasteiger partial charge >= 0.3 is 0 Å². The molecular formula is C11H13N3O. The summed E-state index contributed by atoms with van der Waals surface area (Å²) >= 11 is 0. The molecule has 0 saturated carbocycles. The number of ketones is 1. The predicted molar refractivity (Wildman–Crippen MR) is 61.6 cm³/mol. The molecular weight excluding hydrogens is 190 g/mol. The van der Waals surface area contributed by atoms with E-state index >= 15 is 0 Å². The molecule has 0 radical (unpaired) electrons. The minimum Gasteiger partial charge on any atom is -0.303 e. The number of para-hydroxylation sites is 1. The van der Waals surface area contributed by atoms with Crippen molar-refractivity contribution in [2.75, 3.05) is 5.43 Å². The largest absolute Gasteiger partial charge is 0.303 e. The molecule has 0 heterocycles. The summed E-state index contributed by atoms with van der Waals surface area (Å²) in [6.07, 6.45) is 0. The van der Waals surface area contributed by atoms with Crippen molar-refractivity contribution in [2.45, 2.75) is 13.8 Å². The summed E-state index contributed by atoms with van der Waals surface area (Å²) in [5, 5.41) is 11.2. The van der Waals surface area contributed by atoms with Crippen LogP contribution in [0.15, 0.2) is 35.4 Å². The Kier molecular flexibility index (Phi) is 3.74. The van der Waals surface area contributed by atoms with Gasteiger partial charge in [0, 0.05) is 6.92 Å². The van der Waals surface area contributed by atoms with E-state index in [0.29, 0.717) is 0 Å². The first kappa shape index (κ1) is 11.1. The number of hydrogen-bond donors (Lipinski definition) is 2. The summed E-state index contributed by atoms with van der Waals surface area (Å²) in [7, 11) is 0. The van der Waals surface area contributed by atoms with Crippen molar-refractivity contribution in [1.82, 2.24) is 0 Å². The Morgan fingerprint density at radius 2 is 1.87 bits per heavy atom. The Labute approximate surface area is 88.5 Å². The van der Waals surface area contributed by atoms with Gasteiger partial charge in [-0.05, 0) is 19.1 Å². The van der Waals surface area contributed by atoms with Crippen LogP contribution in [0.4, 0.5) is 5.69 Å². The van der Waals surface area contributed by atoms with Gasteiger partial charge in [-0.3, -0.25) is 10.2 Å². The van der Waals surface area contributed by atoms with Crippen molar-refractivity contribution in [2.24, 2.45) is 5.10 Å². The molecule has 0 atom stereocenters. The number of carbonyl (C=O) groups excluding carboxylic acids is 1. The second-order valence-electron chi connectivity index (χ2n) is 3.12. The van der Waals surface area contributed by atoms with Crippen LogP contribution in [-0.2, 0) is 4.79 Å². The molecule has 0 spiro atoms. The first-order valence-electron chi connectivity index (χ1n) is 4.56. The van der Waals surface area contributed by atoms with Crippen LogP contribution in [0.1, 0.15) is 13.8 Å². The van der Waals surface area contributed by atoms with E-state index < -0.39 is 0 Å². The Morgan fingerprint density at radius 3 is 2.33 bits per heavy atom. The molecule has 0 bridgehead atoms. The molecule has 0 aromatic heterocycles. The van der Waals surface area contributed by atoms with Gasteiger partial charge in [0.25, 0.3) is 0 Å². The van der Waals surface area contributed by atoms with E-state index in [1.807, 2.05) is 30.3 Å². The molecule has 0 unspecified atom stereocenters. The quantitative estimate of drug-likeness (QED) is 0.581. The van der Waals surface area contributed by atoms with Crippen LogP contribution in [0.25, 0.3) is 0 Å². The van der Waals surface area contributed by atoms with E-state index in [9.17, 15) is 4.79 Å². The Balaban J connectivity index is 2.79. The van der Waals surface area contributed by atoms with Crippen LogP contribution in [0.3, 0.4) is 0 Å². The minimum atomic E-state index is -0.217. The van der Waals surface area contributed by atoms with Crippen LogP contribution in [-0.4, -0.2) is 17.2 Å². The molecule has 0 aliphatic carbocycles. The number of hydrogen-bond acceptors (Lipinski definition) is 4. The smallest absolute Gasteiger partial charge is 0.181 e. The fourth-order valence-electron chi connectivity index (χ4n) is 1.06. The van der Waals surface area contributed by atoms with E-state index in [4.69, 9.17) is 5.41 Å². The maximum Gasteiger partial charge on any atom is 0.181 e. The zero-order chi connectivity index (χ0) is 11.3. The highest BCUT2D eigenvalue weighted by molar-refractivity contribution is 6.66. The molecule has 0 aliphatic heterocycles. The Bertz CT molecular complexity index is 380. The Hall–Kier alpha value is -1.97. The summed E-state index contributed by atoms with van der Waals surface area (Å²) in [5.41, 5.74) is 3.83. The zero-order valence-corrected chi connectivity index (χ0v) is 8.74. The van der Waals surface area contributed by atoms with Crippen LogP contribution in [0.5, 0.6) is 0 Å². The average Bonchev–Trinajstić information content (AvgIpc) is 2.18. The highest BCUT2D eigenvalue weighted by atomic mass is 16.1. The van der Waals surface area contributed by atoms with Crippen LogP contribution < -0.4 is 5.43 Å². The molecule has 0 fully saturated rings. The SMILES string of the molecule is CC(=N)/C(=N\Nc1ccccc1)C(C)=O. The highest BCUT2D eigenvalue weighted by Crippen LogP contribution is 2.04. The van der Waals surface area contributed by atoms with Gasteiger partial charge in [-0.15, -0.1) is 0 Å². The molecule has 2 N–H and O–H groups in total. The normalized spacial score (nSPS) is 10.9. The molecule has 1 rings (SSSR count). The van der Waals surface area contributed by atoms with E-state index in [1.165, 1.54) is 13.8 Å². The summed E-state index contributed by atoms with van der Waals surface area (Å²) in [6, 6.07) is 9.29. The number of rotatable bonds is 4. The minimum absolute atomic E-state index is 0.152. The van der Waals surface area contributed by atoms with E-state index in [2.05, 4.69) is 10.5 Å². The highest BCUT2D eigenvalue weighted by Gasteiger charge is 2.07. The lowest BCUT2D eigenvalue weighted by molar-refractivity contribution is -0.110. The molecule has 4 heteroatoms. The first-order valence-corrected chi connectivity index (χ1v) is 4.56. The molecule has 0 amide bonds. The van der Waals surface area contributed by atoms with Crippen molar-refractivity contribution in [1.29, 1.82) is 5.41 Å². The number of anilines is 1. The van der Waals surface area contributed by atoms with Crippen LogP contribution in [0.2, 0.25) is 0 Å². The first-order chi connectivity index (χ1) is 7.11. The number of carbonyl (C=O) groups is 1. The maximum atomic E-state index is 11.1. The van der Waals surface area contributed by atoms with Gasteiger partial charge in [-0.25, -0.2) is 0 Å². The monoisotopic (exact) mass is 203 g/mol. The second-order valence-corrected chi connectivity index (χ2v) is 3.12.